The van der Waals surface area contributed by atoms with E-state index in [9.17, 15) is 0 Å². The van der Waals surface area contributed by atoms with Crippen LogP contribution in [0.3, 0.4) is 0 Å². The molecule has 2 saturated heterocycles. The Bertz CT molecular complexity index is 1750. The zero-order chi connectivity index (χ0) is 26.9. The Morgan fingerprint density at radius 1 is 0.659 bits per heavy atom. The Kier molecular flexibility index (Phi) is 5.41. The first-order valence-electron chi connectivity index (χ1n) is 15.3. The van der Waals surface area contributed by atoms with Gasteiger partial charge in [-0.1, -0.05) is 30.3 Å². The van der Waals surface area contributed by atoms with E-state index in [1.54, 1.807) is 0 Å². The Morgan fingerprint density at radius 3 is 2.02 bits per heavy atom. The molecule has 0 radical (unpaired) electrons. The number of nitrogens with one attached hydrogen (secondary N) is 4. The van der Waals surface area contributed by atoms with Crippen LogP contribution in [0.2, 0.25) is 0 Å². The molecule has 2 aliphatic heterocycles. The van der Waals surface area contributed by atoms with Crippen LogP contribution < -0.4 is 10.6 Å². The van der Waals surface area contributed by atoms with Crippen LogP contribution in [0.4, 0.5) is 0 Å². The summed E-state index contributed by atoms with van der Waals surface area (Å²) in [5.41, 5.74) is 11.5. The van der Waals surface area contributed by atoms with Crippen molar-refractivity contribution in [2.45, 2.75) is 68.9 Å². The summed E-state index contributed by atoms with van der Waals surface area (Å²) >= 11 is 0. The van der Waals surface area contributed by atoms with Gasteiger partial charge in [-0.25, -0.2) is 9.97 Å². The van der Waals surface area contributed by atoms with Crippen LogP contribution in [0.25, 0.3) is 44.8 Å². The number of nitrogens with zero attached hydrogens (tertiary/aromatic N) is 4. The van der Waals surface area contributed by atoms with Crippen LogP contribution in [0.1, 0.15) is 91.6 Å². The Hall–Kier alpha value is -3.88. The highest BCUT2D eigenvalue weighted by molar-refractivity contribution is 5.83. The molecule has 41 heavy (non-hydrogen) atoms. The lowest BCUT2D eigenvalue weighted by molar-refractivity contribution is 0.613. The van der Waals surface area contributed by atoms with Crippen molar-refractivity contribution in [2.24, 2.45) is 0 Å². The molecule has 3 fully saturated rings. The van der Waals surface area contributed by atoms with Gasteiger partial charge in [-0.2, -0.15) is 0 Å². The molecule has 5 aromatic rings. The third kappa shape index (κ3) is 3.88. The van der Waals surface area contributed by atoms with E-state index in [1.807, 2.05) is 6.20 Å². The highest BCUT2D eigenvalue weighted by Gasteiger charge is 2.41. The summed E-state index contributed by atoms with van der Waals surface area (Å²) in [7, 11) is 0. The molecule has 4 atom stereocenters. The zero-order valence-electron chi connectivity index (χ0n) is 23.1. The van der Waals surface area contributed by atoms with Crippen LogP contribution in [0, 0.1) is 0 Å². The third-order valence-electron chi connectivity index (χ3n) is 9.92. The molecule has 0 amide bonds. The van der Waals surface area contributed by atoms with Gasteiger partial charge >= 0.3 is 0 Å². The Balaban J connectivity index is 1.06. The predicted octanol–water partition coefficient (Wildman–Crippen LogP) is 6.29. The van der Waals surface area contributed by atoms with E-state index in [2.05, 4.69) is 68.1 Å². The fourth-order valence-electron chi connectivity index (χ4n) is 7.87. The molecule has 4 aliphatic rings. The van der Waals surface area contributed by atoms with Crippen LogP contribution in [-0.2, 0) is 0 Å². The summed E-state index contributed by atoms with van der Waals surface area (Å²) in [6.07, 6.45) is 10.4. The van der Waals surface area contributed by atoms with Gasteiger partial charge in [0.25, 0.3) is 0 Å². The molecule has 5 heterocycles. The highest BCUT2D eigenvalue weighted by Crippen LogP contribution is 2.57. The van der Waals surface area contributed by atoms with Crippen LogP contribution in [0.15, 0.2) is 48.7 Å². The Labute approximate surface area is 238 Å². The molecule has 4 unspecified atom stereocenters. The monoisotopic (exact) mass is 542 g/mol. The van der Waals surface area contributed by atoms with Crippen LogP contribution in [0.5, 0.6) is 0 Å². The lowest BCUT2D eigenvalue weighted by Gasteiger charge is -2.21. The van der Waals surface area contributed by atoms with Crippen molar-refractivity contribution in [3.05, 3.63) is 71.4 Å². The van der Waals surface area contributed by atoms with Gasteiger partial charge in [0.15, 0.2) is 0 Å². The van der Waals surface area contributed by atoms with E-state index in [0.717, 1.165) is 82.4 Å². The second-order valence-electron chi connectivity index (χ2n) is 12.3. The molecular formula is C33H34N8. The van der Waals surface area contributed by atoms with Crippen molar-refractivity contribution in [1.82, 2.24) is 40.8 Å². The van der Waals surface area contributed by atoms with Gasteiger partial charge in [0.2, 0.25) is 0 Å². The predicted molar refractivity (Wildman–Crippen MR) is 159 cm³/mol. The van der Waals surface area contributed by atoms with Crippen molar-refractivity contribution in [1.29, 1.82) is 0 Å². The van der Waals surface area contributed by atoms with Crippen molar-refractivity contribution < 1.29 is 0 Å². The van der Waals surface area contributed by atoms with E-state index < -0.39 is 0 Å². The minimum Gasteiger partial charge on any atom is -0.341 e. The van der Waals surface area contributed by atoms with Gasteiger partial charge in [-0.15, -0.1) is 10.2 Å². The van der Waals surface area contributed by atoms with Crippen LogP contribution >= 0.6 is 0 Å². The first kappa shape index (κ1) is 23.8. The SMILES string of the molecule is c1cc(-c2nnc(-c3ccc4nc(C5CCCN5)[nH]c4c3)c3c2C2CCC3C2)ccc1-c1cnc(C2CCCN2)[nH]1. The van der Waals surface area contributed by atoms with E-state index in [4.69, 9.17) is 15.2 Å². The second kappa shape index (κ2) is 9.33. The number of hydrogen-bond acceptors (Lipinski definition) is 6. The molecule has 8 nitrogen and oxygen atoms in total. The van der Waals surface area contributed by atoms with Gasteiger partial charge in [0, 0.05) is 11.1 Å². The van der Waals surface area contributed by atoms with Gasteiger partial charge in [-0.3, -0.25) is 0 Å². The molecule has 3 aromatic heterocycles. The second-order valence-corrected chi connectivity index (χ2v) is 12.3. The molecule has 0 spiro atoms. The van der Waals surface area contributed by atoms with Crippen molar-refractivity contribution >= 4 is 11.0 Å². The number of hydrogen-bond donors (Lipinski definition) is 4. The largest absolute Gasteiger partial charge is 0.341 e. The Morgan fingerprint density at radius 2 is 1.32 bits per heavy atom. The average Bonchev–Trinajstić information content (AvgIpc) is 3.86. The van der Waals surface area contributed by atoms with E-state index >= 15 is 0 Å². The third-order valence-corrected chi connectivity index (χ3v) is 9.92. The molecule has 2 aliphatic carbocycles. The number of aromatic nitrogens is 6. The smallest absolute Gasteiger partial charge is 0.124 e. The molecule has 2 aromatic carbocycles. The standard InChI is InChI=1S/C33H34N8/c1-3-24(34-13-1)32-36-17-27(39-32)18-5-7-19(8-6-18)30-28-20-9-10-21(15-20)29(28)31(41-40-30)22-11-12-23-26(16-22)38-33(37-23)25-4-2-14-35-25/h5-8,11-12,16-17,20-21,24-25,34-35H,1-4,9-10,13-15H2,(H,36,39)(H,37,38). The maximum absolute atomic E-state index is 4.92. The first-order valence-corrected chi connectivity index (χ1v) is 15.3. The molecule has 2 bridgehead atoms. The number of fused-ring (bicyclic) bond motifs is 6. The average molecular weight is 543 g/mol. The summed E-state index contributed by atoms with van der Waals surface area (Å²) in [6.45, 7) is 2.13. The summed E-state index contributed by atoms with van der Waals surface area (Å²) in [5, 5.41) is 16.9. The van der Waals surface area contributed by atoms with E-state index in [0.29, 0.717) is 23.9 Å². The lowest BCUT2D eigenvalue weighted by atomic mass is 9.86. The summed E-state index contributed by atoms with van der Waals surface area (Å²) < 4.78 is 0. The first-order chi connectivity index (χ1) is 20.3. The van der Waals surface area contributed by atoms with E-state index in [1.165, 1.54) is 43.2 Å². The molecule has 1 saturated carbocycles. The van der Waals surface area contributed by atoms with E-state index in [-0.39, 0.29) is 0 Å². The van der Waals surface area contributed by atoms with Gasteiger partial charge in [0.1, 0.15) is 11.6 Å². The molecule has 206 valence electrons. The maximum atomic E-state index is 4.92. The normalized spacial score (nSPS) is 25.0. The molecule has 9 rings (SSSR count). The van der Waals surface area contributed by atoms with Crippen molar-refractivity contribution in [3.8, 4) is 33.8 Å². The molecular weight excluding hydrogens is 508 g/mol. The molecule has 8 heteroatoms. The van der Waals surface area contributed by atoms with Crippen LogP contribution in [-0.4, -0.2) is 43.2 Å². The van der Waals surface area contributed by atoms with Gasteiger partial charge in [-0.05, 0) is 98.7 Å². The number of aromatic amines is 2. The number of benzene rings is 2. The zero-order valence-corrected chi connectivity index (χ0v) is 23.1. The number of imidazole rings is 2. The fraction of sp³-hybridized carbons (Fsp3) is 0.394. The number of H-pyrrole nitrogens is 2. The lowest BCUT2D eigenvalue weighted by Crippen LogP contribution is -2.14. The van der Waals surface area contributed by atoms with Crippen molar-refractivity contribution in [3.63, 3.8) is 0 Å². The van der Waals surface area contributed by atoms with Crippen molar-refractivity contribution in [2.75, 3.05) is 13.1 Å². The minimum atomic E-state index is 0.330. The van der Waals surface area contributed by atoms with Gasteiger partial charge in [0.05, 0.1) is 46.4 Å². The summed E-state index contributed by atoms with van der Waals surface area (Å²) in [5.74, 6) is 3.23. The summed E-state index contributed by atoms with van der Waals surface area (Å²) in [6, 6.07) is 16.0. The fourth-order valence-corrected chi connectivity index (χ4v) is 7.87. The minimum absolute atomic E-state index is 0.330. The maximum Gasteiger partial charge on any atom is 0.124 e. The topological polar surface area (TPSA) is 107 Å². The summed E-state index contributed by atoms with van der Waals surface area (Å²) in [4.78, 5) is 16.7. The number of rotatable bonds is 5. The highest BCUT2D eigenvalue weighted by atomic mass is 15.1. The molecule has 4 N–H and O–H groups in total. The quantitative estimate of drug-likeness (QED) is 0.208. The van der Waals surface area contributed by atoms with Gasteiger partial charge < -0.3 is 20.6 Å².